The SMILES string of the molecule is CN=C(NCCC1C(=O)Nc2ccccc21)N(C)Cc1cc(Cl)cn1C. The monoisotopic (exact) mass is 373 g/mol. The molecule has 0 radical (unpaired) electrons. The molecule has 3 rings (SSSR count). The zero-order valence-electron chi connectivity index (χ0n) is 15.3. The fourth-order valence-corrected chi connectivity index (χ4v) is 3.59. The highest BCUT2D eigenvalue weighted by molar-refractivity contribution is 6.30. The summed E-state index contributed by atoms with van der Waals surface area (Å²) in [5.74, 6) is 0.734. The summed E-state index contributed by atoms with van der Waals surface area (Å²) >= 11 is 6.05. The fraction of sp³-hybridized carbons (Fsp3) is 0.368. The summed E-state index contributed by atoms with van der Waals surface area (Å²) in [4.78, 5) is 18.6. The van der Waals surface area contributed by atoms with Crippen molar-refractivity contribution in [2.45, 2.75) is 18.9 Å². The maximum absolute atomic E-state index is 12.2. The van der Waals surface area contributed by atoms with Crippen molar-refractivity contribution in [3.8, 4) is 0 Å². The van der Waals surface area contributed by atoms with Crippen LogP contribution in [0.1, 0.15) is 23.6 Å². The van der Waals surface area contributed by atoms with Gasteiger partial charge in [-0.2, -0.15) is 0 Å². The van der Waals surface area contributed by atoms with Gasteiger partial charge in [0, 0.05) is 45.3 Å². The Balaban J connectivity index is 1.56. The van der Waals surface area contributed by atoms with E-state index in [1.807, 2.05) is 60.1 Å². The summed E-state index contributed by atoms with van der Waals surface area (Å²) in [5, 5.41) is 7.02. The Morgan fingerprint density at radius 2 is 2.19 bits per heavy atom. The summed E-state index contributed by atoms with van der Waals surface area (Å²) in [5.41, 5.74) is 3.09. The molecule has 7 heteroatoms. The van der Waals surface area contributed by atoms with Crippen LogP contribution in [0.2, 0.25) is 5.02 Å². The molecule has 2 heterocycles. The van der Waals surface area contributed by atoms with Gasteiger partial charge in [-0.25, -0.2) is 0 Å². The van der Waals surface area contributed by atoms with E-state index in [0.717, 1.165) is 27.9 Å². The average molecular weight is 374 g/mol. The van der Waals surface area contributed by atoms with E-state index in [-0.39, 0.29) is 11.8 Å². The predicted molar refractivity (Wildman–Crippen MR) is 106 cm³/mol. The number of carbonyl (C=O) groups is 1. The van der Waals surface area contributed by atoms with Crippen molar-refractivity contribution in [3.05, 3.63) is 52.8 Å². The highest BCUT2D eigenvalue weighted by atomic mass is 35.5. The van der Waals surface area contributed by atoms with Gasteiger partial charge in [0.2, 0.25) is 5.91 Å². The normalized spacial score (nSPS) is 16.4. The molecule has 0 bridgehead atoms. The molecule has 0 aliphatic carbocycles. The lowest BCUT2D eigenvalue weighted by molar-refractivity contribution is -0.117. The quantitative estimate of drug-likeness (QED) is 0.625. The molecule has 0 fully saturated rings. The van der Waals surface area contributed by atoms with Crippen molar-refractivity contribution in [1.82, 2.24) is 14.8 Å². The van der Waals surface area contributed by atoms with Gasteiger partial charge in [0.05, 0.1) is 17.5 Å². The molecule has 0 spiro atoms. The summed E-state index contributed by atoms with van der Waals surface area (Å²) in [6.45, 7) is 1.35. The molecular weight excluding hydrogens is 350 g/mol. The molecule has 1 aromatic carbocycles. The molecule has 0 saturated carbocycles. The molecule has 1 aliphatic heterocycles. The second-order valence-corrected chi connectivity index (χ2v) is 6.94. The maximum Gasteiger partial charge on any atom is 0.232 e. The van der Waals surface area contributed by atoms with Crippen molar-refractivity contribution < 1.29 is 4.79 Å². The van der Waals surface area contributed by atoms with E-state index in [1.54, 1.807) is 7.05 Å². The Bertz CT molecular complexity index is 829. The summed E-state index contributed by atoms with van der Waals surface area (Å²) in [7, 11) is 5.71. The molecule has 1 aliphatic rings. The van der Waals surface area contributed by atoms with E-state index in [2.05, 4.69) is 15.6 Å². The highest BCUT2D eigenvalue weighted by Crippen LogP contribution is 2.33. The Hall–Kier alpha value is -2.47. The lowest BCUT2D eigenvalue weighted by Crippen LogP contribution is -2.39. The van der Waals surface area contributed by atoms with Gasteiger partial charge in [-0.1, -0.05) is 29.8 Å². The first-order valence-electron chi connectivity index (χ1n) is 8.62. The number of aryl methyl sites for hydroxylation is 1. The lowest BCUT2D eigenvalue weighted by Gasteiger charge is -2.22. The van der Waals surface area contributed by atoms with Gasteiger partial charge in [-0.3, -0.25) is 9.79 Å². The number of rotatable bonds is 5. The van der Waals surface area contributed by atoms with Crippen LogP contribution in [0, 0.1) is 0 Å². The van der Waals surface area contributed by atoms with Crippen LogP contribution in [0.15, 0.2) is 41.5 Å². The number of nitrogens with one attached hydrogen (secondary N) is 2. The van der Waals surface area contributed by atoms with Gasteiger partial charge in [-0.15, -0.1) is 0 Å². The number of hydrogen-bond donors (Lipinski definition) is 2. The predicted octanol–water partition coefficient (Wildman–Crippen LogP) is 2.81. The standard InChI is InChI=1S/C19H24ClN5O/c1-21-19(25(3)12-14-10-13(20)11-24(14)2)22-9-8-16-15-6-4-5-7-17(15)23-18(16)26/h4-7,10-11,16H,8-9,12H2,1-3H3,(H,21,22)(H,23,26). The minimum absolute atomic E-state index is 0.0646. The van der Waals surface area contributed by atoms with E-state index >= 15 is 0 Å². The van der Waals surface area contributed by atoms with Gasteiger partial charge in [0.25, 0.3) is 0 Å². The Kier molecular flexibility index (Phi) is 5.52. The van der Waals surface area contributed by atoms with Crippen LogP contribution in [-0.4, -0.2) is 42.0 Å². The Labute approximate surface area is 158 Å². The number of anilines is 1. The fourth-order valence-electron chi connectivity index (χ4n) is 3.32. The molecule has 2 N–H and O–H groups in total. The summed E-state index contributed by atoms with van der Waals surface area (Å²) < 4.78 is 2.01. The second kappa shape index (κ2) is 7.83. The summed E-state index contributed by atoms with van der Waals surface area (Å²) in [6, 6.07) is 9.81. The van der Waals surface area contributed by atoms with E-state index in [0.29, 0.717) is 19.5 Å². The van der Waals surface area contributed by atoms with Crippen molar-refractivity contribution in [2.75, 3.05) is 26.0 Å². The molecule has 6 nitrogen and oxygen atoms in total. The lowest BCUT2D eigenvalue weighted by atomic mass is 9.97. The molecule has 2 aromatic rings. The molecule has 0 saturated heterocycles. The summed E-state index contributed by atoms with van der Waals surface area (Å²) in [6.07, 6.45) is 2.60. The number of para-hydroxylation sites is 1. The van der Waals surface area contributed by atoms with Crippen LogP contribution in [0.3, 0.4) is 0 Å². The van der Waals surface area contributed by atoms with E-state index in [1.165, 1.54) is 0 Å². The smallest absolute Gasteiger partial charge is 0.232 e. The number of guanidine groups is 1. The molecular formula is C19H24ClN5O. The zero-order valence-corrected chi connectivity index (χ0v) is 16.0. The maximum atomic E-state index is 12.2. The van der Waals surface area contributed by atoms with Gasteiger partial charge >= 0.3 is 0 Å². The third kappa shape index (κ3) is 3.85. The number of halogens is 1. The minimum Gasteiger partial charge on any atom is -0.356 e. The number of carbonyl (C=O) groups excluding carboxylic acids is 1. The first-order valence-corrected chi connectivity index (χ1v) is 8.99. The molecule has 1 atom stereocenters. The number of amides is 1. The first-order chi connectivity index (χ1) is 12.5. The van der Waals surface area contributed by atoms with Crippen LogP contribution in [-0.2, 0) is 18.4 Å². The van der Waals surface area contributed by atoms with Crippen LogP contribution in [0.4, 0.5) is 5.69 Å². The van der Waals surface area contributed by atoms with E-state index in [4.69, 9.17) is 11.6 Å². The van der Waals surface area contributed by atoms with Crippen LogP contribution in [0.25, 0.3) is 0 Å². The highest BCUT2D eigenvalue weighted by Gasteiger charge is 2.29. The Morgan fingerprint density at radius 1 is 1.42 bits per heavy atom. The number of aromatic nitrogens is 1. The molecule has 1 aromatic heterocycles. The van der Waals surface area contributed by atoms with Gasteiger partial charge in [0.15, 0.2) is 5.96 Å². The number of fused-ring (bicyclic) bond motifs is 1. The van der Waals surface area contributed by atoms with Crippen LogP contribution < -0.4 is 10.6 Å². The Morgan fingerprint density at radius 3 is 2.88 bits per heavy atom. The number of benzene rings is 1. The topological polar surface area (TPSA) is 61.7 Å². The number of nitrogens with zero attached hydrogens (tertiary/aromatic N) is 3. The minimum atomic E-state index is -0.117. The van der Waals surface area contributed by atoms with Crippen LogP contribution in [0.5, 0.6) is 0 Å². The number of hydrogen-bond acceptors (Lipinski definition) is 2. The number of aliphatic imine (C=N–C) groups is 1. The molecule has 26 heavy (non-hydrogen) atoms. The third-order valence-corrected chi connectivity index (χ3v) is 4.88. The molecule has 1 amide bonds. The van der Waals surface area contributed by atoms with E-state index in [9.17, 15) is 4.79 Å². The largest absolute Gasteiger partial charge is 0.356 e. The van der Waals surface area contributed by atoms with Gasteiger partial charge in [-0.05, 0) is 24.1 Å². The average Bonchev–Trinajstić information content (AvgIpc) is 3.09. The first kappa shape index (κ1) is 18.3. The molecule has 138 valence electrons. The van der Waals surface area contributed by atoms with Crippen molar-refractivity contribution in [3.63, 3.8) is 0 Å². The second-order valence-electron chi connectivity index (χ2n) is 6.51. The third-order valence-electron chi connectivity index (χ3n) is 4.67. The van der Waals surface area contributed by atoms with Crippen molar-refractivity contribution in [1.29, 1.82) is 0 Å². The van der Waals surface area contributed by atoms with Gasteiger partial charge < -0.3 is 20.1 Å². The van der Waals surface area contributed by atoms with E-state index < -0.39 is 0 Å². The van der Waals surface area contributed by atoms with Gasteiger partial charge in [0.1, 0.15) is 0 Å². The van der Waals surface area contributed by atoms with Crippen molar-refractivity contribution >= 4 is 29.2 Å². The van der Waals surface area contributed by atoms with Crippen LogP contribution >= 0.6 is 11.6 Å². The zero-order chi connectivity index (χ0) is 18.7. The molecule has 1 unspecified atom stereocenters. The van der Waals surface area contributed by atoms with Crippen molar-refractivity contribution in [2.24, 2.45) is 12.0 Å².